The van der Waals surface area contributed by atoms with Gasteiger partial charge >= 0.3 is 11.9 Å². The summed E-state index contributed by atoms with van der Waals surface area (Å²) in [5.74, 6) is -0.539. The quantitative estimate of drug-likeness (QED) is 0.519. The molecule has 140 valence electrons. The maximum absolute atomic E-state index is 12.6. The topological polar surface area (TPSA) is 52.6 Å². The molecule has 0 aromatic heterocycles. The number of rotatable bonds is 4. The van der Waals surface area contributed by atoms with Crippen LogP contribution in [0.15, 0.2) is 60.7 Å². The van der Waals surface area contributed by atoms with Crippen molar-refractivity contribution in [1.82, 2.24) is 0 Å². The van der Waals surface area contributed by atoms with E-state index in [1.807, 2.05) is 24.3 Å². The van der Waals surface area contributed by atoms with Crippen molar-refractivity contribution < 1.29 is 19.1 Å². The minimum Gasteiger partial charge on any atom is -0.454 e. The fourth-order valence-electron chi connectivity index (χ4n) is 4.13. The molecule has 0 amide bonds. The lowest BCUT2D eigenvalue weighted by Crippen LogP contribution is -2.59. The van der Waals surface area contributed by atoms with Crippen LogP contribution in [-0.2, 0) is 9.47 Å². The van der Waals surface area contributed by atoms with Gasteiger partial charge in [0.25, 0.3) is 0 Å². The molecule has 2 aromatic rings. The summed E-state index contributed by atoms with van der Waals surface area (Å²) >= 11 is 3.82. The molecular formula is C22H21BrO4. The van der Waals surface area contributed by atoms with Crippen molar-refractivity contribution >= 4 is 27.9 Å². The molecule has 2 bridgehead atoms. The summed E-state index contributed by atoms with van der Waals surface area (Å²) in [5.41, 5.74) is 1.01. The van der Waals surface area contributed by atoms with Gasteiger partial charge in [-0.3, -0.25) is 0 Å². The van der Waals surface area contributed by atoms with E-state index in [4.69, 9.17) is 9.47 Å². The second-order valence-corrected chi connectivity index (χ2v) is 8.88. The van der Waals surface area contributed by atoms with Crippen LogP contribution in [0, 0.1) is 5.92 Å². The van der Waals surface area contributed by atoms with E-state index >= 15 is 0 Å². The van der Waals surface area contributed by atoms with E-state index in [0.717, 1.165) is 25.7 Å². The first kappa shape index (κ1) is 18.2. The zero-order chi connectivity index (χ0) is 18.9. The summed E-state index contributed by atoms with van der Waals surface area (Å²) < 4.78 is 11.4. The maximum atomic E-state index is 12.6. The van der Waals surface area contributed by atoms with Gasteiger partial charge in [0, 0.05) is 0 Å². The Kier molecular flexibility index (Phi) is 5.04. The Bertz CT molecular complexity index is 813. The molecule has 0 N–H and O–H groups in total. The molecule has 0 spiro atoms. The van der Waals surface area contributed by atoms with Gasteiger partial charge in [0.1, 0.15) is 6.10 Å². The Balaban J connectivity index is 1.56. The van der Waals surface area contributed by atoms with Crippen molar-refractivity contribution in [3.63, 3.8) is 0 Å². The van der Waals surface area contributed by atoms with Gasteiger partial charge in [0.2, 0.25) is 0 Å². The monoisotopic (exact) mass is 428 g/mol. The van der Waals surface area contributed by atoms with Crippen molar-refractivity contribution in [3.8, 4) is 0 Å². The molecular weight excluding hydrogens is 408 g/mol. The summed E-state index contributed by atoms with van der Waals surface area (Å²) in [4.78, 5) is 25.3. The fraction of sp³-hybridized carbons (Fsp3) is 0.364. The third-order valence-corrected chi connectivity index (χ3v) is 6.87. The minimum atomic E-state index is -0.495. The summed E-state index contributed by atoms with van der Waals surface area (Å²) in [7, 11) is 0. The largest absolute Gasteiger partial charge is 0.454 e. The van der Waals surface area contributed by atoms with Gasteiger partial charge in [0.15, 0.2) is 6.10 Å². The predicted molar refractivity (Wildman–Crippen MR) is 105 cm³/mol. The Morgan fingerprint density at radius 2 is 1.30 bits per heavy atom. The number of carbonyl (C=O) groups is 2. The van der Waals surface area contributed by atoms with E-state index in [9.17, 15) is 9.59 Å². The Labute approximate surface area is 167 Å². The summed E-state index contributed by atoms with van der Waals surface area (Å²) in [6, 6.07) is 17.9. The van der Waals surface area contributed by atoms with Gasteiger partial charge in [-0.15, -0.1) is 0 Å². The van der Waals surface area contributed by atoms with Crippen LogP contribution in [0.5, 0.6) is 0 Å². The van der Waals surface area contributed by atoms with Crippen LogP contribution < -0.4 is 0 Å². The van der Waals surface area contributed by atoms with E-state index in [2.05, 4.69) is 15.9 Å². The number of hydrogen-bond donors (Lipinski definition) is 0. The highest BCUT2D eigenvalue weighted by atomic mass is 79.9. The molecule has 5 heteroatoms. The average Bonchev–Trinajstić information content (AvgIpc) is 2.71. The number of carbonyl (C=O) groups excluding carboxylic acids is 2. The smallest absolute Gasteiger partial charge is 0.338 e. The van der Waals surface area contributed by atoms with Crippen molar-refractivity contribution in [2.75, 3.05) is 0 Å². The summed E-state index contributed by atoms with van der Waals surface area (Å²) in [6.07, 6.45) is 2.79. The molecule has 0 aliphatic heterocycles. The van der Waals surface area contributed by atoms with Crippen LogP contribution in [0.2, 0.25) is 0 Å². The van der Waals surface area contributed by atoms with Gasteiger partial charge in [-0.05, 0) is 55.9 Å². The SMILES string of the molecule is O=C(OC1C2CCC(Br)(CC2)C1OC(=O)c1ccccc1)c1ccccc1. The van der Waals surface area contributed by atoms with Crippen molar-refractivity contribution in [3.05, 3.63) is 71.8 Å². The number of halogens is 1. The van der Waals surface area contributed by atoms with Crippen LogP contribution in [0.25, 0.3) is 0 Å². The minimum absolute atomic E-state index is 0.214. The lowest BCUT2D eigenvalue weighted by Gasteiger charge is -2.51. The highest BCUT2D eigenvalue weighted by molar-refractivity contribution is 9.10. The normalized spacial score (nSPS) is 29.1. The number of hydrogen-bond acceptors (Lipinski definition) is 4. The second-order valence-electron chi connectivity index (χ2n) is 7.30. The van der Waals surface area contributed by atoms with E-state index in [1.54, 1.807) is 36.4 Å². The number of fused-ring (bicyclic) bond motifs is 3. The standard InChI is InChI=1S/C22H21BrO4/c23-22-13-11-15(12-14-22)18(26-20(24)16-7-3-1-4-8-16)19(22)27-21(25)17-9-5-2-6-10-17/h1-10,15,18-19H,11-14H2. The second kappa shape index (κ2) is 7.47. The van der Waals surface area contributed by atoms with Crippen molar-refractivity contribution in [1.29, 1.82) is 0 Å². The Morgan fingerprint density at radius 3 is 1.81 bits per heavy atom. The lowest BCUT2D eigenvalue weighted by atomic mass is 9.67. The first-order chi connectivity index (χ1) is 13.1. The average molecular weight is 429 g/mol. The molecule has 5 rings (SSSR count). The molecule has 2 atom stereocenters. The van der Waals surface area contributed by atoms with Crippen LogP contribution >= 0.6 is 15.9 Å². The molecule has 4 nitrogen and oxygen atoms in total. The molecule has 0 heterocycles. The fourth-order valence-corrected chi connectivity index (χ4v) is 4.94. The third-order valence-electron chi connectivity index (χ3n) is 5.63. The highest BCUT2D eigenvalue weighted by Crippen LogP contribution is 2.52. The van der Waals surface area contributed by atoms with Crippen LogP contribution in [-0.4, -0.2) is 28.5 Å². The zero-order valence-electron chi connectivity index (χ0n) is 14.8. The van der Waals surface area contributed by atoms with Crippen LogP contribution in [0.3, 0.4) is 0 Å². The first-order valence-corrected chi connectivity index (χ1v) is 10.1. The number of ether oxygens (including phenoxy) is 2. The van der Waals surface area contributed by atoms with Crippen LogP contribution in [0.1, 0.15) is 46.4 Å². The Morgan fingerprint density at radius 1 is 0.815 bits per heavy atom. The number of benzene rings is 2. The highest BCUT2D eigenvalue weighted by Gasteiger charge is 2.56. The van der Waals surface area contributed by atoms with Gasteiger partial charge < -0.3 is 9.47 Å². The van der Waals surface area contributed by atoms with E-state index in [-0.39, 0.29) is 22.2 Å². The molecule has 27 heavy (non-hydrogen) atoms. The van der Waals surface area contributed by atoms with Gasteiger partial charge in [-0.25, -0.2) is 9.59 Å². The molecule has 0 saturated heterocycles. The van der Waals surface area contributed by atoms with E-state index in [0.29, 0.717) is 11.1 Å². The van der Waals surface area contributed by atoms with Gasteiger partial charge in [-0.2, -0.15) is 0 Å². The summed E-state index contributed by atoms with van der Waals surface area (Å²) in [5, 5.41) is 0. The van der Waals surface area contributed by atoms with E-state index in [1.165, 1.54) is 0 Å². The maximum Gasteiger partial charge on any atom is 0.338 e. The van der Waals surface area contributed by atoms with Gasteiger partial charge in [-0.1, -0.05) is 52.3 Å². The molecule has 3 fully saturated rings. The predicted octanol–water partition coefficient (Wildman–Crippen LogP) is 4.78. The van der Waals surface area contributed by atoms with Crippen molar-refractivity contribution in [2.45, 2.75) is 42.2 Å². The molecule has 3 saturated carbocycles. The van der Waals surface area contributed by atoms with E-state index < -0.39 is 12.2 Å². The number of alkyl halides is 1. The summed E-state index contributed by atoms with van der Waals surface area (Å²) in [6.45, 7) is 0. The first-order valence-electron chi connectivity index (χ1n) is 9.28. The van der Waals surface area contributed by atoms with Crippen molar-refractivity contribution in [2.24, 2.45) is 5.92 Å². The molecule has 2 aromatic carbocycles. The number of esters is 2. The molecule has 3 aliphatic carbocycles. The molecule has 3 aliphatic rings. The lowest BCUT2D eigenvalue weighted by molar-refractivity contribution is -0.109. The third kappa shape index (κ3) is 3.65. The zero-order valence-corrected chi connectivity index (χ0v) is 16.4. The molecule has 2 unspecified atom stereocenters. The Hall–Kier alpha value is -2.14. The molecule has 0 radical (unpaired) electrons. The van der Waals surface area contributed by atoms with Gasteiger partial charge in [0.05, 0.1) is 15.5 Å². The van der Waals surface area contributed by atoms with Crippen LogP contribution in [0.4, 0.5) is 0 Å².